The third kappa shape index (κ3) is 3.57. The van der Waals surface area contributed by atoms with Gasteiger partial charge in [-0.15, -0.1) is 0 Å². The number of amides is 1. The predicted octanol–water partition coefficient (Wildman–Crippen LogP) is 3.33. The van der Waals surface area contributed by atoms with E-state index < -0.39 is 0 Å². The summed E-state index contributed by atoms with van der Waals surface area (Å²) in [7, 11) is 0. The first-order valence-corrected chi connectivity index (χ1v) is 11.3. The highest BCUT2D eigenvalue weighted by molar-refractivity contribution is 6.30. The van der Waals surface area contributed by atoms with Crippen molar-refractivity contribution in [2.45, 2.75) is 50.5 Å². The minimum atomic E-state index is -0.0933. The first-order chi connectivity index (χ1) is 15.5. The molecule has 9 heteroatoms. The van der Waals surface area contributed by atoms with E-state index in [2.05, 4.69) is 26.2 Å². The van der Waals surface area contributed by atoms with Crippen LogP contribution in [-0.4, -0.2) is 50.0 Å². The van der Waals surface area contributed by atoms with Crippen molar-refractivity contribution < 1.29 is 9.32 Å². The molecule has 1 aromatic carbocycles. The van der Waals surface area contributed by atoms with E-state index in [-0.39, 0.29) is 17.4 Å². The normalized spacial score (nSPS) is 23.3. The number of benzene rings is 1. The number of fused-ring (bicyclic) bond motifs is 1. The second-order valence-corrected chi connectivity index (χ2v) is 9.10. The quantitative estimate of drug-likeness (QED) is 0.646. The average Bonchev–Trinajstić information content (AvgIpc) is 3.25. The third-order valence-corrected chi connectivity index (χ3v) is 7.17. The molecule has 0 unspecified atom stereocenters. The Hall–Kier alpha value is -2.84. The number of nitrogens with zero attached hydrogens (tertiary/aromatic N) is 5. The molecule has 5 rings (SSSR count). The highest BCUT2D eigenvalue weighted by atomic mass is 35.5. The zero-order chi connectivity index (χ0) is 22.3. The summed E-state index contributed by atoms with van der Waals surface area (Å²) in [6.45, 7) is 2.92. The molecule has 0 radical (unpaired) electrons. The van der Waals surface area contributed by atoms with E-state index in [0.717, 1.165) is 36.3 Å². The number of halogens is 1. The van der Waals surface area contributed by atoms with E-state index in [9.17, 15) is 4.79 Å². The molecule has 1 aliphatic heterocycles. The summed E-state index contributed by atoms with van der Waals surface area (Å²) in [6.07, 6.45) is 5.70. The molecule has 1 aliphatic carbocycles. The van der Waals surface area contributed by atoms with E-state index in [1.807, 2.05) is 23.1 Å². The highest BCUT2D eigenvalue weighted by Gasteiger charge is 2.40. The Kier molecular flexibility index (Phi) is 5.43. The fourth-order valence-corrected chi connectivity index (χ4v) is 5.33. The molecule has 1 saturated carbocycles. The predicted molar refractivity (Wildman–Crippen MR) is 119 cm³/mol. The van der Waals surface area contributed by atoms with Crippen LogP contribution in [0.3, 0.4) is 0 Å². The average molecular weight is 453 g/mol. The highest BCUT2D eigenvalue weighted by Crippen LogP contribution is 2.41. The molecule has 0 saturated heterocycles. The first-order valence-electron chi connectivity index (χ1n) is 10.9. The van der Waals surface area contributed by atoms with Crippen LogP contribution in [0.2, 0.25) is 5.02 Å². The molecule has 166 valence electrons. The summed E-state index contributed by atoms with van der Waals surface area (Å²) in [6, 6.07) is 8.17. The van der Waals surface area contributed by atoms with Crippen LogP contribution < -0.4 is 5.73 Å². The topological polar surface area (TPSA) is 111 Å². The molecule has 0 spiro atoms. The van der Waals surface area contributed by atoms with Crippen molar-refractivity contribution in [3.63, 3.8) is 0 Å². The molecule has 1 amide bonds. The molecular formula is C23H25ClN6O2. The van der Waals surface area contributed by atoms with Gasteiger partial charge >= 0.3 is 0 Å². The van der Waals surface area contributed by atoms with Crippen LogP contribution in [0.4, 0.5) is 0 Å². The zero-order valence-corrected chi connectivity index (χ0v) is 18.7. The van der Waals surface area contributed by atoms with Gasteiger partial charge in [-0.25, -0.2) is 9.97 Å². The summed E-state index contributed by atoms with van der Waals surface area (Å²) in [4.78, 5) is 28.3. The standard InChI is InChI=1S/C23H25ClN6O2/c1-14-28-21(29-32-14)19-18-7-10-30(22(31)20(18)27-13-26-19)17-5-8-23(12-25,9-6-17)15-3-2-4-16(24)11-15/h2-4,11,13,17H,5-10,12,25H2,1H3/t17-,23-. The summed E-state index contributed by atoms with van der Waals surface area (Å²) < 4.78 is 5.09. The number of rotatable bonds is 4. The number of aromatic nitrogens is 4. The van der Waals surface area contributed by atoms with E-state index in [1.165, 1.54) is 11.9 Å². The molecule has 32 heavy (non-hydrogen) atoms. The van der Waals surface area contributed by atoms with Crippen LogP contribution >= 0.6 is 11.6 Å². The van der Waals surface area contributed by atoms with Crippen LogP contribution in [0.15, 0.2) is 35.1 Å². The van der Waals surface area contributed by atoms with Crippen molar-refractivity contribution in [2.75, 3.05) is 13.1 Å². The molecule has 3 aromatic rings. The number of carbonyl (C=O) groups excluding carboxylic acids is 1. The van der Waals surface area contributed by atoms with Gasteiger partial charge in [0.15, 0.2) is 0 Å². The minimum absolute atomic E-state index is 0.0527. The third-order valence-electron chi connectivity index (χ3n) is 6.93. The van der Waals surface area contributed by atoms with Gasteiger partial charge in [0.1, 0.15) is 17.7 Å². The molecule has 0 bridgehead atoms. The summed E-state index contributed by atoms with van der Waals surface area (Å²) in [5, 5.41) is 4.70. The molecule has 8 nitrogen and oxygen atoms in total. The lowest BCUT2D eigenvalue weighted by Crippen LogP contribution is -2.50. The van der Waals surface area contributed by atoms with E-state index in [0.29, 0.717) is 42.6 Å². The Labute approximate surface area is 191 Å². The van der Waals surface area contributed by atoms with Crippen molar-refractivity contribution in [2.24, 2.45) is 5.73 Å². The number of hydrogen-bond acceptors (Lipinski definition) is 7. The first kappa shape index (κ1) is 21.0. The number of aryl methyl sites for hydroxylation is 1. The van der Waals surface area contributed by atoms with Crippen molar-refractivity contribution >= 4 is 17.5 Å². The minimum Gasteiger partial charge on any atom is -0.339 e. The molecule has 2 aromatic heterocycles. The maximum Gasteiger partial charge on any atom is 0.273 e. The van der Waals surface area contributed by atoms with Gasteiger partial charge in [-0.1, -0.05) is 28.9 Å². The van der Waals surface area contributed by atoms with Crippen LogP contribution in [0.25, 0.3) is 11.5 Å². The van der Waals surface area contributed by atoms with Crippen molar-refractivity contribution in [3.8, 4) is 11.5 Å². The summed E-state index contributed by atoms with van der Waals surface area (Å²) in [5.41, 5.74) is 9.15. The maximum absolute atomic E-state index is 13.4. The summed E-state index contributed by atoms with van der Waals surface area (Å²) in [5.74, 6) is 0.804. The zero-order valence-electron chi connectivity index (χ0n) is 17.9. The Morgan fingerprint density at radius 1 is 1.25 bits per heavy atom. The number of hydrogen-bond donors (Lipinski definition) is 1. The SMILES string of the molecule is Cc1nc(-c2ncnc3c2CCN([C@H]2CC[C@](CN)(c4cccc(Cl)c4)CC2)C3=O)no1. The Balaban J connectivity index is 1.36. The van der Waals surface area contributed by atoms with E-state index in [1.54, 1.807) is 6.92 Å². The van der Waals surface area contributed by atoms with Crippen LogP contribution in [0.1, 0.15) is 53.2 Å². The van der Waals surface area contributed by atoms with Crippen LogP contribution in [-0.2, 0) is 11.8 Å². The molecular weight excluding hydrogens is 428 g/mol. The van der Waals surface area contributed by atoms with Crippen molar-refractivity contribution in [1.29, 1.82) is 0 Å². The molecule has 2 N–H and O–H groups in total. The monoisotopic (exact) mass is 452 g/mol. The van der Waals surface area contributed by atoms with Crippen molar-refractivity contribution in [3.05, 3.63) is 58.3 Å². The van der Waals surface area contributed by atoms with E-state index >= 15 is 0 Å². The molecule has 3 heterocycles. The van der Waals surface area contributed by atoms with Gasteiger partial charge < -0.3 is 15.2 Å². The number of carbonyl (C=O) groups is 1. The van der Waals surface area contributed by atoms with Gasteiger partial charge in [0.2, 0.25) is 11.7 Å². The van der Waals surface area contributed by atoms with Crippen LogP contribution in [0, 0.1) is 6.92 Å². The fourth-order valence-electron chi connectivity index (χ4n) is 5.14. The van der Waals surface area contributed by atoms with Gasteiger partial charge in [-0.05, 0) is 49.8 Å². The van der Waals surface area contributed by atoms with Gasteiger partial charge in [-0.2, -0.15) is 4.98 Å². The lowest BCUT2D eigenvalue weighted by molar-refractivity contribution is 0.0568. The Morgan fingerprint density at radius 3 is 2.72 bits per heavy atom. The lowest BCUT2D eigenvalue weighted by Gasteiger charge is -2.44. The molecule has 1 fully saturated rings. The van der Waals surface area contributed by atoms with Crippen molar-refractivity contribution in [1.82, 2.24) is 25.0 Å². The van der Waals surface area contributed by atoms with E-state index in [4.69, 9.17) is 21.9 Å². The second-order valence-electron chi connectivity index (χ2n) is 8.66. The fraction of sp³-hybridized carbons (Fsp3) is 0.435. The Bertz CT molecular complexity index is 1150. The second kappa shape index (κ2) is 8.26. The number of nitrogens with two attached hydrogens (primary N) is 1. The Morgan fingerprint density at radius 2 is 2.03 bits per heavy atom. The van der Waals surface area contributed by atoms with Gasteiger partial charge in [0, 0.05) is 42.1 Å². The summed E-state index contributed by atoms with van der Waals surface area (Å²) >= 11 is 6.24. The maximum atomic E-state index is 13.4. The van der Waals surface area contributed by atoms with Gasteiger partial charge in [0.25, 0.3) is 5.91 Å². The largest absolute Gasteiger partial charge is 0.339 e. The van der Waals surface area contributed by atoms with Gasteiger partial charge in [0.05, 0.1) is 0 Å². The van der Waals surface area contributed by atoms with Gasteiger partial charge in [-0.3, -0.25) is 4.79 Å². The smallest absolute Gasteiger partial charge is 0.273 e. The molecule has 2 aliphatic rings. The van der Waals surface area contributed by atoms with Crippen LogP contribution in [0.5, 0.6) is 0 Å². The molecule has 0 atom stereocenters. The lowest BCUT2D eigenvalue weighted by atomic mass is 9.68.